The highest BCUT2D eigenvalue weighted by Crippen LogP contribution is 2.42. The molecule has 2 N–H and O–H groups in total. The zero-order chi connectivity index (χ0) is 14.4. The third-order valence-corrected chi connectivity index (χ3v) is 6.44. The van der Waals surface area contributed by atoms with Crippen molar-refractivity contribution in [3.63, 3.8) is 0 Å². The first kappa shape index (κ1) is 14.8. The summed E-state index contributed by atoms with van der Waals surface area (Å²) in [5, 5.41) is 0. The molecule has 3 fully saturated rings. The summed E-state index contributed by atoms with van der Waals surface area (Å²) in [5.41, 5.74) is 7.05. The maximum atomic E-state index is 6.30. The standard InChI is InChI=1S/C17H33N3/c1-16(2,3)14-6-9-20(12-14)17(13-18)7-10-19-8-4-5-15(19)11-17/h14-15H,4-13,18H2,1-3H3. The van der Waals surface area contributed by atoms with Gasteiger partial charge in [0.2, 0.25) is 0 Å². The Kier molecular flexibility index (Phi) is 3.89. The van der Waals surface area contributed by atoms with Crippen LogP contribution in [-0.4, -0.2) is 54.1 Å². The Balaban J connectivity index is 1.70. The van der Waals surface area contributed by atoms with Gasteiger partial charge < -0.3 is 10.6 Å². The van der Waals surface area contributed by atoms with Gasteiger partial charge in [0.15, 0.2) is 0 Å². The zero-order valence-corrected chi connectivity index (χ0v) is 13.7. The van der Waals surface area contributed by atoms with E-state index in [0.29, 0.717) is 11.0 Å². The van der Waals surface area contributed by atoms with E-state index in [1.165, 1.54) is 58.3 Å². The molecule has 0 spiro atoms. The average Bonchev–Trinajstić information content (AvgIpc) is 3.06. The lowest BCUT2D eigenvalue weighted by molar-refractivity contribution is 0.0195. The molecule has 3 nitrogen and oxygen atoms in total. The van der Waals surface area contributed by atoms with Crippen LogP contribution in [0.2, 0.25) is 0 Å². The molecule has 3 unspecified atom stereocenters. The normalized spacial score (nSPS) is 40.2. The Labute approximate surface area is 124 Å². The molecule has 3 saturated heterocycles. The van der Waals surface area contributed by atoms with Crippen molar-refractivity contribution >= 4 is 0 Å². The number of piperidine rings is 1. The predicted octanol–water partition coefficient (Wildman–Crippen LogP) is 2.31. The fourth-order valence-corrected chi connectivity index (χ4v) is 4.81. The van der Waals surface area contributed by atoms with Crippen molar-refractivity contribution in [1.29, 1.82) is 0 Å². The molecule has 3 rings (SSSR count). The summed E-state index contributed by atoms with van der Waals surface area (Å²) < 4.78 is 0. The third-order valence-electron chi connectivity index (χ3n) is 6.44. The SMILES string of the molecule is CC(C)(C)C1CCN(C2(CN)CCN3CCCC3C2)C1. The topological polar surface area (TPSA) is 32.5 Å². The van der Waals surface area contributed by atoms with Gasteiger partial charge in [-0.15, -0.1) is 0 Å². The molecule has 3 aliphatic heterocycles. The van der Waals surface area contributed by atoms with Crippen molar-refractivity contribution in [2.45, 2.75) is 64.5 Å². The molecule has 0 bridgehead atoms. The predicted molar refractivity (Wildman–Crippen MR) is 84.7 cm³/mol. The van der Waals surface area contributed by atoms with Gasteiger partial charge in [0.05, 0.1) is 0 Å². The van der Waals surface area contributed by atoms with Crippen molar-refractivity contribution in [3.05, 3.63) is 0 Å². The van der Waals surface area contributed by atoms with E-state index in [0.717, 1.165) is 18.5 Å². The second-order valence-electron chi connectivity index (χ2n) is 8.51. The van der Waals surface area contributed by atoms with Gasteiger partial charge >= 0.3 is 0 Å². The Morgan fingerprint density at radius 1 is 1.15 bits per heavy atom. The number of nitrogens with zero attached hydrogens (tertiary/aromatic N) is 2. The lowest BCUT2D eigenvalue weighted by Crippen LogP contribution is -2.60. The number of rotatable bonds is 2. The summed E-state index contributed by atoms with van der Waals surface area (Å²) >= 11 is 0. The number of nitrogens with two attached hydrogens (primary N) is 1. The van der Waals surface area contributed by atoms with Gasteiger partial charge in [-0.2, -0.15) is 0 Å². The molecule has 0 amide bonds. The number of fused-ring (bicyclic) bond motifs is 1. The molecule has 3 aliphatic rings. The summed E-state index contributed by atoms with van der Waals surface area (Å²) in [7, 11) is 0. The van der Waals surface area contributed by atoms with E-state index in [9.17, 15) is 0 Å². The fourth-order valence-electron chi connectivity index (χ4n) is 4.81. The highest BCUT2D eigenvalue weighted by Gasteiger charge is 2.47. The molecule has 0 aromatic heterocycles. The number of hydrogen-bond donors (Lipinski definition) is 1. The molecular weight excluding hydrogens is 246 g/mol. The van der Waals surface area contributed by atoms with Gasteiger partial charge in [0.1, 0.15) is 0 Å². The molecular formula is C17H33N3. The van der Waals surface area contributed by atoms with E-state index in [-0.39, 0.29) is 0 Å². The third kappa shape index (κ3) is 2.53. The van der Waals surface area contributed by atoms with Gasteiger partial charge in [0, 0.05) is 31.2 Å². The Morgan fingerprint density at radius 3 is 2.60 bits per heavy atom. The second kappa shape index (κ2) is 5.26. The van der Waals surface area contributed by atoms with Gasteiger partial charge in [-0.25, -0.2) is 0 Å². The van der Waals surface area contributed by atoms with Gasteiger partial charge in [-0.05, 0) is 56.5 Å². The summed E-state index contributed by atoms with van der Waals surface area (Å²) in [6, 6.07) is 0.820. The first-order valence-electron chi connectivity index (χ1n) is 8.64. The fraction of sp³-hybridized carbons (Fsp3) is 1.00. The highest BCUT2D eigenvalue weighted by atomic mass is 15.3. The van der Waals surface area contributed by atoms with Gasteiger partial charge in [-0.3, -0.25) is 4.90 Å². The van der Waals surface area contributed by atoms with Crippen molar-refractivity contribution in [2.24, 2.45) is 17.1 Å². The number of hydrogen-bond acceptors (Lipinski definition) is 3. The van der Waals surface area contributed by atoms with Crippen molar-refractivity contribution in [1.82, 2.24) is 9.80 Å². The minimum absolute atomic E-state index is 0.311. The number of likely N-dealkylation sites (tertiary alicyclic amines) is 1. The van der Waals surface area contributed by atoms with Crippen LogP contribution < -0.4 is 5.73 Å². The van der Waals surface area contributed by atoms with Gasteiger partial charge in [0.25, 0.3) is 0 Å². The van der Waals surface area contributed by atoms with Crippen LogP contribution in [0.15, 0.2) is 0 Å². The summed E-state index contributed by atoms with van der Waals surface area (Å²) in [6.45, 7) is 13.2. The van der Waals surface area contributed by atoms with Crippen LogP contribution in [0, 0.1) is 11.3 Å². The van der Waals surface area contributed by atoms with E-state index in [4.69, 9.17) is 5.73 Å². The maximum Gasteiger partial charge on any atom is 0.0358 e. The van der Waals surface area contributed by atoms with E-state index >= 15 is 0 Å². The first-order chi connectivity index (χ1) is 9.44. The van der Waals surface area contributed by atoms with Crippen molar-refractivity contribution in [3.8, 4) is 0 Å². The monoisotopic (exact) mass is 279 g/mol. The zero-order valence-electron chi connectivity index (χ0n) is 13.7. The van der Waals surface area contributed by atoms with E-state index in [1.54, 1.807) is 0 Å². The smallest absolute Gasteiger partial charge is 0.0358 e. The molecule has 0 saturated carbocycles. The van der Waals surface area contributed by atoms with E-state index < -0.39 is 0 Å². The second-order valence-corrected chi connectivity index (χ2v) is 8.51. The van der Waals surface area contributed by atoms with Crippen LogP contribution in [0.3, 0.4) is 0 Å². The van der Waals surface area contributed by atoms with Crippen LogP contribution in [0.25, 0.3) is 0 Å². The molecule has 0 aromatic rings. The average molecular weight is 279 g/mol. The Bertz CT molecular complexity index is 349. The molecule has 3 heterocycles. The molecule has 3 atom stereocenters. The molecule has 0 aromatic carbocycles. The van der Waals surface area contributed by atoms with Crippen LogP contribution in [0.5, 0.6) is 0 Å². The van der Waals surface area contributed by atoms with E-state index in [1.807, 2.05) is 0 Å². The van der Waals surface area contributed by atoms with E-state index in [2.05, 4.69) is 30.6 Å². The van der Waals surface area contributed by atoms with Crippen LogP contribution >= 0.6 is 0 Å². The van der Waals surface area contributed by atoms with Crippen molar-refractivity contribution < 1.29 is 0 Å². The lowest BCUT2D eigenvalue weighted by Gasteiger charge is -2.49. The first-order valence-corrected chi connectivity index (χ1v) is 8.64. The lowest BCUT2D eigenvalue weighted by atomic mass is 9.79. The largest absolute Gasteiger partial charge is 0.329 e. The molecule has 20 heavy (non-hydrogen) atoms. The molecule has 116 valence electrons. The Hall–Kier alpha value is -0.120. The highest BCUT2D eigenvalue weighted by molar-refractivity contribution is 5.04. The Morgan fingerprint density at radius 2 is 1.95 bits per heavy atom. The molecule has 3 heteroatoms. The minimum Gasteiger partial charge on any atom is -0.329 e. The summed E-state index contributed by atoms with van der Waals surface area (Å²) in [4.78, 5) is 5.49. The molecule has 0 radical (unpaired) electrons. The summed E-state index contributed by atoms with van der Waals surface area (Å²) in [6.07, 6.45) is 6.77. The van der Waals surface area contributed by atoms with Gasteiger partial charge in [-0.1, -0.05) is 20.8 Å². The minimum atomic E-state index is 0.311. The quantitative estimate of drug-likeness (QED) is 0.842. The maximum absolute atomic E-state index is 6.30. The van der Waals surface area contributed by atoms with Crippen LogP contribution in [0.1, 0.15) is 52.9 Å². The summed E-state index contributed by atoms with van der Waals surface area (Å²) in [5.74, 6) is 0.840. The molecule has 0 aliphatic carbocycles. The van der Waals surface area contributed by atoms with Crippen LogP contribution in [0.4, 0.5) is 0 Å². The van der Waals surface area contributed by atoms with Crippen molar-refractivity contribution in [2.75, 3.05) is 32.7 Å². The van der Waals surface area contributed by atoms with Crippen LogP contribution in [-0.2, 0) is 0 Å².